The van der Waals surface area contributed by atoms with E-state index in [1.54, 1.807) is 6.07 Å². The summed E-state index contributed by atoms with van der Waals surface area (Å²) in [6.45, 7) is 1.54. The van der Waals surface area contributed by atoms with Crippen LogP contribution in [0.5, 0.6) is 5.75 Å². The zero-order valence-corrected chi connectivity index (χ0v) is 11.2. The standard InChI is InChI=1S/C13H10F5NO3/c1-2-21-11(20)5-7-4-10(22-13(16,17)18)9(12(14)15)3-8(7)6-19/h3-4,12H,2,5H2,1H3. The van der Waals surface area contributed by atoms with Gasteiger partial charge in [0, 0.05) is 0 Å². The van der Waals surface area contributed by atoms with E-state index < -0.39 is 36.5 Å². The van der Waals surface area contributed by atoms with Crippen LogP contribution in [0.15, 0.2) is 12.1 Å². The van der Waals surface area contributed by atoms with E-state index in [1.165, 1.54) is 6.92 Å². The van der Waals surface area contributed by atoms with Crippen LogP contribution in [0.2, 0.25) is 0 Å². The molecule has 22 heavy (non-hydrogen) atoms. The molecule has 0 aliphatic carbocycles. The van der Waals surface area contributed by atoms with Crippen molar-refractivity contribution in [3.05, 3.63) is 28.8 Å². The zero-order valence-electron chi connectivity index (χ0n) is 11.2. The maximum atomic E-state index is 12.8. The van der Waals surface area contributed by atoms with E-state index in [-0.39, 0.29) is 17.7 Å². The number of hydrogen-bond donors (Lipinski definition) is 0. The highest BCUT2D eigenvalue weighted by Gasteiger charge is 2.34. The lowest BCUT2D eigenvalue weighted by Gasteiger charge is -2.15. The maximum Gasteiger partial charge on any atom is 0.573 e. The summed E-state index contributed by atoms with van der Waals surface area (Å²) in [7, 11) is 0. The largest absolute Gasteiger partial charge is 0.573 e. The van der Waals surface area contributed by atoms with Crippen LogP contribution >= 0.6 is 0 Å². The fraction of sp³-hybridized carbons (Fsp3) is 0.385. The van der Waals surface area contributed by atoms with Crippen LogP contribution in [-0.2, 0) is 16.0 Å². The summed E-state index contributed by atoms with van der Waals surface area (Å²) in [5.41, 5.74) is -1.62. The third kappa shape index (κ3) is 4.87. The van der Waals surface area contributed by atoms with Crippen LogP contribution in [0.3, 0.4) is 0 Å². The van der Waals surface area contributed by atoms with Gasteiger partial charge in [0.2, 0.25) is 0 Å². The van der Waals surface area contributed by atoms with Crippen LogP contribution < -0.4 is 4.74 Å². The molecule has 1 rings (SSSR count). The number of benzene rings is 1. The molecule has 0 saturated heterocycles. The Balaban J connectivity index is 3.30. The van der Waals surface area contributed by atoms with Crippen molar-refractivity contribution in [2.45, 2.75) is 26.1 Å². The molecular weight excluding hydrogens is 313 g/mol. The second-order valence-electron chi connectivity index (χ2n) is 3.99. The molecule has 0 spiro atoms. The first kappa shape index (κ1) is 17.7. The molecular formula is C13H10F5NO3. The van der Waals surface area contributed by atoms with Gasteiger partial charge in [0.1, 0.15) is 5.75 Å². The van der Waals surface area contributed by atoms with Crippen LogP contribution in [0.4, 0.5) is 22.0 Å². The maximum absolute atomic E-state index is 12.8. The smallest absolute Gasteiger partial charge is 0.466 e. The van der Waals surface area contributed by atoms with E-state index >= 15 is 0 Å². The average molecular weight is 323 g/mol. The lowest BCUT2D eigenvalue weighted by Crippen LogP contribution is -2.19. The third-order valence-corrected chi connectivity index (χ3v) is 2.46. The number of halogens is 5. The van der Waals surface area contributed by atoms with Crippen LogP contribution in [0.1, 0.15) is 30.0 Å². The Kier molecular flexibility index (Phi) is 5.68. The number of alkyl halides is 5. The SMILES string of the molecule is CCOC(=O)Cc1cc(OC(F)(F)F)c(C(F)F)cc1C#N. The molecule has 0 atom stereocenters. The monoisotopic (exact) mass is 323 g/mol. The second kappa shape index (κ2) is 7.06. The average Bonchev–Trinajstić information content (AvgIpc) is 2.36. The molecule has 0 N–H and O–H groups in total. The van der Waals surface area contributed by atoms with Gasteiger partial charge in [-0.2, -0.15) is 5.26 Å². The van der Waals surface area contributed by atoms with Crippen molar-refractivity contribution < 1.29 is 36.2 Å². The fourth-order valence-electron chi connectivity index (χ4n) is 1.64. The van der Waals surface area contributed by atoms with Crippen molar-refractivity contribution >= 4 is 5.97 Å². The van der Waals surface area contributed by atoms with Gasteiger partial charge < -0.3 is 9.47 Å². The van der Waals surface area contributed by atoms with Crippen molar-refractivity contribution in [1.29, 1.82) is 5.26 Å². The molecule has 1 aromatic carbocycles. The molecule has 0 bridgehead atoms. The summed E-state index contributed by atoms with van der Waals surface area (Å²) < 4.78 is 70.5. The number of nitrogens with zero attached hydrogens (tertiary/aromatic N) is 1. The first-order valence-corrected chi connectivity index (χ1v) is 5.94. The molecule has 0 amide bonds. The molecule has 0 aliphatic rings. The molecule has 9 heteroatoms. The quantitative estimate of drug-likeness (QED) is 0.615. The first-order chi connectivity index (χ1) is 10.2. The summed E-state index contributed by atoms with van der Waals surface area (Å²) in [4.78, 5) is 11.4. The summed E-state index contributed by atoms with van der Waals surface area (Å²) in [6, 6.07) is 2.72. The van der Waals surface area contributed by atoms with Gasteiger partial charge in [-0.25, -0.2) is 8.78 Å². The van der Waals surface area contributed by atoms with Gasteiger partial charge >= 0.3 is 12.3 Å². The van der Waals surface area contributed by atoms with E-state index in [1.807, 2.05) is 0 Å². The molecule has 4 nitrogen and oxygen atoms in total. The minimum absolute atomic E-state index is 0.0295. The highest BCUT2D eigenvalue weighted by molar-refractivity contribution is 5.74. The van der Waals surface area contributed by atoms with Gasteiger partial charge in [-0.05, 0) is 24.6 Å². The Morgan fingerprint density at radius 1 is 1.36 bits per heavy atom. The molecule has 0 aromatic heterocycles. The van der Waals surface area contributed by atoms with Crippen LogP contribution in [0.25, 0.3) is 0 Å². The van der Waals surface area contributed by atoms with Gasteiger partial charge in [-0.15, -0.1) is 13.2 Å². The molecule has 1 aromatic rings. The van der Waals surface area contributed by atoms with Gasteiger partial charge in [0.05, 0.1) is 30.2 Å². The fourth-order valence-corrected chi connectivity index (χ4v) is 1.64. The second-order valence-corrected chi connectivity index (χ2v) is 3.99. The molecule has 0 aliphatic heterocycles. The van der Waals surface area contributed by atoms with E-state index in [2.05, 4.69) is 9.47 Å². The van der Waals surface area contributed by atoms with Crippen molar-refractivity contribution in [2.24, 2.45) is 0 Å². The summed E-state index contributed by atoms with van der Waals surface area (Å²) >= 11 is 0. The van der Waals surface area contributed by atoms with Crippen LogP contribution in [0, 0.1) is 11.3 Å². The van der Waals surface area contributed by atoms with Crippen molar-refractivity contribution in [2.75, 3.05) is 6.61 Å². The normalized spacial score (nSPS) is 11.2. The lowest BCUT2D eigenvalue weighted by molar-refractivity contribution is -0.275. The molecule has 0 saturated carbocycles. The predicted octanol–water partition coefficient (Wildman–Crippen LogP) is 3.50. The van der Waals surface area contributed by atoms with Gasteiger partial charge in [-0.3, -0.25) is 4.79 Å². The summed E-state index contributed by atoms with van der Waals surface area (Å²) in [6.07, 6.45) is -8.99. The van der Waals surface area contributed by atoms with E-state index in [4.69, 9.17) is 5.26 Å². The Morgan fingerprint density at radius 2 is 2.00 bits per heavy atom. The predicted molar refractivity (Wildman–Crippen MR) is 63.1 cm³/mol. The molecule has 120 valence electrons. The van der Waals surface area contributed by atoms with Gasteiger partial charge in [0.15, 0.2) is 0 Å². The molecule has 0 unspecified atom stereocenters. The minimum atomic E-state index is -5.18. The Bertz CT molecular complexity index is 593. The van der Waals surface area contributed by atoms with Crippen LogP contribution in [-0.4, -0.2) is 18.9 Å². The van der Waals surface area contributed by atoms with Gasteiger partial charge in [0.25, 0.3) is 6.43 Å². The van der Waals surface area contributed by atoms with E-state index in [0.29, 0.717) is 12.1 Å². The van der Waals surface area contributed by atoms with Crippen molar-refractivity contribution in [1.82, 2.24) is 0 Å². The number of rotatable bonds is 5. The van der Waals surface area contributed by atoms with Crippen molar-refractivity contribution in [3.8, 4) is 11.8 Å². The number of carbonyl (C=O) groups excluding carboxylic acids is 1. The van der Waals surface area contributed by atoms with E-state index in [0.717, 1.165) is 0 Å². The number of ether oxygens (including phenoxy) is 2. The van der Waals surface area contributed by atoms with E-state index in [9.17, 15) is 26.7 Å². The Morgan fingerprint density at radius 3 is 2.45 bits per heavy atom. The zero-order chi connectivity index (χ0) is 16.9. The molecule has 0 heterocycles. The highest BCUT2D eigenvalue weighted by Crippen LogP contribution is 2.35. The highest BCUT2D eigenvalue weighted by atomic mass is 19.4. The summed E-state index contributed by atoms with van der Waals surface area (Å²) in [5, 5.41) is 8.88. The molecule has 0 radical (unpaired) electrons. The topological polar surface area (TPSA) is 59.3 Å². The third-order valence-electron chi connectivity index (χ3n) is 2.46. The van der Waals surface area contributed by atoms with Gasteiger partial charge in [-0.1, -0.05) is 0 Å². The summed E-state index contributed by atoms with van der Waals surface area (Å²) in [5.74, 6) is -1.96. The first-order valence-electron chi connectivity index (χ1n) is 5.94. The number of nitriles is 1. The Hall–Kier alpha value is -2.37. The minimum Gasteiger partial charge on any atom is -0.466 e. The van der Waals surface area contributed by atoms with Crippen molar-refractivity contribution in [3.63, 3.8) is 0 Å². The number of carbonyl (C=O) groups is 1. The Labute approximate surface area is 122 Å². The lowest BCUT2D eigenvalue weighted by atomic mass is 10.0. The number of hydrogen-bond acceptors (Lipinski definition) is 4. The number of esters is 1. The molecule has 0 fully saturated rings.